The van der Waals surface area contributed by atoms with Crippen LogP contribution in [0, 0.1) is 18.3 Å². The Hall–Kier alpha value is -2.06. The highest BCUT2D eigenvalue weighted by atomic mass is 79.9. The molecule has 1 aromatic carbocycles. The van der Waals surface area contributed by atoms with E-state index >= 15 is 0 Å². The summed E-state index contributed by atoms with van der Waals surface area (Å²) >= 11 is 3.49. The van der Waals surface area contributed by atoms with Gasteiger partial charge in [-0.3, -0.25) is 0 Å². The summed E-state index contributed by atoms with van der Waals surface area (Å²) in [7, 11) is 0. The SMILES string of the molecule is CCOc1ccc(Br)cc1-c1c(C#N)c(N)nc(C)c1CC. The van der Waals surface area contributed by atoms with Gasteiger partial charge in [-0.05, 0) is 44.0 Å². The van der Waals surface area contributed by atoms with Gasteiger partial charge in [-0.2, -0.15) is 5.26 Å². The Kier molecular flexibility index (Phi) is 5.04. The van der Waals surface area contributed by atoms with Gasteiger partial charge >= 0.3 is 0 Å². The van der Waals surface area contributed by atoms with Crippen LogP contribution in [0.2, 0.25) is 0 Å². The maximum absolute atomic E-state index is 9.54. The largest absolute Gasteiger partial charge is 0.493 e. The van der Waals surface area contributed by atoms with E-state index in [9.17, 15) is 5.26 Å². The van der Waals surface area contributed by atoms with Crippen LogP contribution in [0.4, 0.5) is 5.82 Å². The molecule has 5 heteroatoms. The molecule has 4 nitrogen and oxygen atoms in total. The molecule has 0 saturated carbocycles. The monoisotopic (exact) mass is 359 g/mol. The molecule has 22 heavy (non-hydrogen) atoms. The minimum Gasteiger partial charge on any atom is -0.493 e. The Bertz CT molecular complexity index is 751. The van der Waals surface area contributed by atoms with Crippen molar-refractivity contribution in [2.75, 3.05) is 12.3 Å². The number of pyridine rings is 1. The molecular weight excluding hydrogens is 342 g/mol. The summed E-state index contributed by atoms with van der Waals surface area (Å²) in [4.78, 5) is 4.30. The zero-order chi connectivity index (χ0) is 16.3. The van der Waals surface area contributed by atoms with Crippen molar-refractivity contribution in [3.8, 4) is 22.9 Å². The van der Waals surface area contributed by atoms with Crippen LogP contribution in [0.25, 0.3) is 11.1 Å². The fourth-order valence-corrected chi connectivity index (χ4v) is 2.95. The van der Waals surface area contributed by atoms with Crippen molar-refractivity contribution in [2.24, 2.45) is 0 Å². The first-order valence-electron chi connectivity index (χ1n) is 7.15. The van der Waals surface area contributed by atoms with E-state index in [4.69, 9.17) is 10.5 Å². The van der Waals surface area contributed by atoms with Gasteiger partial charge in [-0.1, -0.05) is 22.9 Å². The number of hydrogen-bond donors (Lipinski definition) is 1. The zero-order valence-corrected chi connectivity index (χ0v) is 14.5. The van der Waals surface area contributed by atoms with Crippen LogP contribution < -0.4 is 10.5 Å². The van der Waals surface area contributed by atoms with Crippen molar-refractivity contribution in [3.63, 3.8) is 0 Å². The molecule has 0 spiro atoms. The van der Waals surface area contributed by atoms with Crippen LogP contribution >= 0.6 is 15.9 Å². The molecule has 0 radical (unpaired) electrons. The molecule has 0 aliphatic carbocycles. The first-order valence-corrected chi connectivity index (χ1v) is 7.94. The first kappa shape index (κ1) is 16.3. The van der Waals surface area contributed by atoms with E-state index in [1.165, 1.54) is 0 Å². The highest BCUT2D eigenvalue weighted by molar-refractivity contribution is 9.10. The lowest BCUT2D eigenvalue weighted by Gasteiger charge is -2.17. The summed E-state index contributed by atoms with van der Waals surface area (Å²) in [5.74, 6) is 0.997. The van der Waals surface area contributed by atoms with Gasteiger partial charge in [0.1, 0.15) is 23.2 Å². The summed E-state index contributed by atoms with van der Waals surface area (Å²) in [5.41, 5.74) is 9.92. The second-order valence-electron chi connectivity index (χ2n) is 4.85. The summed E-state index contributed by atoms with van der Waals surface area (Å²) in [6.45, 7) is 6.45. The third-order valence-corrected chi connectivity index (χ3v) is 4.00. The molecule has 0 fully saturated rings. The van der Waals surface area contributed by atoms with Crippen LogP contribution in [0.5, 0.6) is 5.75 Å². The first-order chi connectivity index (χ1) is 10.5. The average Bonchev–Trinajstić information content (AvgIpc) is 2.48. The molecule has 2 aromatic rings. The molecule has 0 unspecified atom stereocenters. The number of rotatable bonds is 4. The molecule has 0 aliphatic heterocycles. The molecular formula is C17H18BrN3O. The second kappa shape index (κ2) is 6.80. The Morgan fingerprint density at radius 2 is 2.09 bits per heavy atom. The Morgan fingerprint density at radius 1 is 1.36 bits per heavy atom. The van der Waals surface area contributed by atoms with E-state index < -0.39 is 0 Å². The second-order valence-corrected chi connectivity index (χ2v) is 5.77. The molecule has 0 bridgehead atoms. The van der Waals surface area contributed by atoms with Crippen molar-refractivity contribution in [1.82, 2.24) is 4.98 Å². The van der Waals surface area contributed by atoms with Crippen LogP contribution in [-0.2, 0) is 6.42 Å². The highest BCUT2D eigenvalue weighted by Gasteiger charge is 2.20. The molecule has 0 aliphatic rings. The van der Waals surface area contributed by atoms with Crippen LogP contribution in [-0.4, -0.2) is 11.6 Å². The number of nitrogen functional groups attached to an aromatic ring is 1. The number of aryl methyl sites for hydroxylation is 1. The molecule has 1 heterocycles. The van der Waals surface area contributed by atoms with Crippen LogP contribution in [0.1, 0.15) is 30.7 Å². The molecule has 2 N–H and O–H groups in total. The fraction of sp³-hybridized carbons (Fsp3) is 0.294. The van der Waals surface area contributed by atoms with Crippen LogP contribution in [0.15, 0.2) is 22.7 Å². The van der Waals surface area contributed by atoms with Crippen LogP contribution in [0.3, 0.4) is 0 Å². The van der Waals surface area contributed by atoms with Crippen molar-refractivity contribution < 1.29 is 4.74 Å². The summed E-state index contributed by atoms with van der Waals surface area (Å²) < 4.78 is 6.65. The van der Waals surface area contributed by atoms with Gasteiger partial charge in [0.2, 0.25) is 0 Å². The number of nitrogens with two attached hydrogens (primary N) is 1. The van der Waals surface area contributed by atoms with E-state index in [-0.39, 0.29) is 5.82 Å². The summed E-state index contributed by atoms with van der Waals surface area (Å²) in [5, 5.41) is 9.54. The standard InChI is InChI=1S/C17H18BrN3O/c1-4-12-10(3)21-17(20)14(9-19)16(12)13-8-11(18)6-7-15(13)22-5-2/h6-8H,4-5H2,1-3H3,(H2,20,21). The number of halogens is 1. The lowest BCUT2D eigenvalue weighted by molar-refractivity contribution is 0.341. The van der Waals surface area contributed by atoms with E-state index in [2.05, 4.69) is 27.0 Å². The summed E-state index contributed by atoms with van der Waals surface area (Å²) in [6.07, 6.45) is 0.765. The van der Waals surface area contributed by atoms with Gasteiger partial charge in [-0.25, -0.2) is 4.98 Å². The fourth-order valence-electron chi connectivity index (χ4n) is 2.59. The summed E-state index contributed by atoms with van der Waals surface area (Å²) in [6, 6.07) is 7.97. The molecule has 0 atom stereocenters. The minimum absolute atomic E-state index is 0.259. The molecule has 0 amide bonds. The third-order valence-electron chi connectivity index (χ3n) is 3.51. The lowest BCUT2D eigenvalue weighted by Crippen LogP contribution is -2.06. The van der Waals surface area contributed by atoms with E-state index in [0.717, 1.165) is 39.0 Å². The van der Waals surface area contributed by atoms with Gasteiger partial charge in [0.15, 0.2) is 0 Å². The lowest BCUT2D eigenvalue weighted by atomic mass is 9.92. The third kappa shape index (κ3) is 2.93. The van der Waals surface area contributed by atoms with Crippen molar-refractivity contribution in [1.29, 1.82) is 5.26 Å². The quantitative estimate of drug-likeness (QED) is 0.886. The number of anilines is 1. The zero-order valence-electron chi connectivity index (χ0n) is 12.9. The van der Waals surface area contributed by atoms with Gasteiger partial charge in [-0.15, -0.1) is 0 Å². The minimum atomic E-state index is 0.259. The van der Waals surface area contributed by atoms with E-state index in [0.29, 0.717) is 12.2 Å². The smallest absolute Gasteiger partial charge is 0.142 e. The van der Waals surface area contributed by atoms with Gasteiger partial charge in [0.25, 0.3) is 0 Å². The number of benzene rings is 1. The Labute approximate surface area is 139 Å². The van der Waals surface area contributed by atoms with E-state index in [1.807, 2.05) is 39.0 Å². The molecule has 114 valence electrons. The van der Waals surface area contributed by atoms with Crippen molar-refractivity contribution >= 4 is 21.7 Å². The van der Waals surface area contributed by atoms with E-state index in [1.54, 1.807) is 0 Å². The average molecular weight is 360 g/mol. The number of aromatic nitrogens is 1. The van der Waals surface area contributed by atoms with Crippen molar-refractivity contribution in [2.45, 2.75) is 27.2 Å². The maximum Gasteiger partial charge on any atom is 0.142 e. The predicted octanol–water partition coefficient (Wildman–Crippen LogP) is 4.23. The predicted molar refractivity (Wildman–Crippen MR) is 91.8 cm³/mol. The number of nitrogens with zero attached hydrogens (tertiary/aromatic N) is 2. The molecule has 2 rings (SSSR count). The Balaban J connectivity index is 2.87. The normalized spacial score (nSPS) is 10.3. The van der Waals surface area contributed by atoms with Gasteiger partial charge in [0, 0.05) is 21.3 Å². The topological polar surface area (TPSA) is 71.9 Å². The Morgan fingerprint density at radius 3 is 2.68 bits per heavy atom. The molecule has 1 aromatic heterocycles. The molecule has 0 saturated heterocycles. The highest BCUT2D eigenvalue weighted by Crippen LogP contribution is 2.39. The number of nitriles is 1. The van der Waals surface area contributed by atoms with Gasteiger partial charge < -0.3 is 10.5 Å². The number of ether oxygens (including phenoxy) is 1. The van der Waals surface area contributed by atoms with Gasteiger partial charge in [0.05, 0.1) is 6.61 Å². The number of hydrogen-bond acceptors (Lipinski definition) is 4. The maximum atomic E-state index is 9.54. The van der Waals surface area contributed by atoms with Crippen molar-refractivity contribution in [3.05, 3.63) is 39.5 Å².